The van der Waals surface area contributed by atoms with Gasteiger partial charge in [0.1, 0.15) is 11.4 Å². The zero-order valence-electron chi connectivity index (χ0n) is 12.8. The molecule has 1 heterocycles. The van der Waals surface area contributed by atoms with Crippen LogP contribution < -0.4 is 10.2 Å². The van der Waals surface area contributed by atoms with Gasteiger partial charge in [0.15, 0.2) is 5.17 Å². The van der Waals surface area contributed by atoms with E-state index >= 15 is 0 Å². The van der Waals surface area contributed by atoms with Crippen molar-refractivity contribution in [1.29, 1.82) is 0 Å². The number of aliphatic imine (C=N–C) groups is 1. The molecule has 1 aromatic rings. The molecular weight excluding hydrogens is 286 g/mol. The molecule has 0 aliphatic carbocycles. The molecule has 6 heteroatoms. The second kappa shape index (κ2) is 6.95. The predicted molar refractivity (Wildman–Crippen MR) is 88.8 cm³/mol. The van der Waals surface area contributed by atoms with E-state index < -0.39 is 0 Å². The lowest BCUT2D eigenvalue weighted by Gasteiger charge is -2.27. The highest BCUT2D eigenvalue weighted by Gasteiger charge is 2.27. The fourth-order valence-corrected chi connectivity index (χ4v) is 2.67. The summed E-state index contributed by atoms with van der Waals surface area (Å²) in [5.74, 6) is 1.62. The zero-order chi connectivity index (χ0) is 15.3. The molecule has 5 nitrogen and oxygen atoms in total. The van der Waals surface area contributed by atoms with E-state index in [-0.39, 0.29) is 5.60 Å². The molecule has 0 bridgehead atoms. The molecule has 0 amide bonds. The smallest absolute Gasteiger partial charge is 0.182 e. The van der Waals surface area contributed by atoms with Crippen LogP contribution in [0, 0.1) is 0 Å². The number of ether oxygens (including phenoxy) is 2. The van der Waals surface area contributed by atoms with Gasteiger partial charge in [0.05, 0.1) is 18.0 Å². The number of nitrogens with one attached hydrogen (secondary N) is 1. The Kier molecular flexibility index (Phi) is 5.25. The van der Waals surface area contributed by atoms with Gasteiger partial charge in [-0.05, 0) is 45.0 Å². The number of hydrazone groups is 1. The summed E-state index contributed by atoms with van der Waals surface area (Å²) in [6, 6.07) is 7.69. The third-order valence-corrected chi connectivity index (χ3v) is 4.09. The summed E-state index contributed by atoms with van der Waals surface area (Å²) >= 11 is 1.62. The topological polar surface area (TPSA) is 55.2 Å². The molecule has 114 valence electrons. The van der Waals surface area contributed by atoms with Gasteiger partial charge >= 0.3 is 0 Å². The van der Waals surface area contributed by atoms with Crippen LogP contribution in [0.25, 0.3) is 0 Å². The minimum absolute atomic E-state index is 0.356. The Morgan fingerprint density at radius 1 is 1.33 bits per heavy atom. The predicted octanol–water partition coefficient (Wildman–Crippen LogP) is 3.19. The van der Waals surface area contributed by atoms with Gasteiger partial charge < -0.3 is 9.47 Å². The first kappa shape index (κ1) is 15.9. The lowest BCUT2D eigenvalue weighted by molar-refractivity contribution is 0.0821. The first-order valence-corrected chi connectivity index (χ1v) is 7.86. The number of hydrogen-bond donors (Lipinski definition) is 1. The molecule has 1 aliphatic heterocycles. The van der Waals surface area contributed by atoms with Crippen molar-refractivity contribution in [1.82, 2.24) is 5.43 Å². The third kappa shape index (κ3) is 4.22. The maximum Gasteiger partial charge on any atom is 0.182 e. The quantitative estimate of drug-likeness (QED) is 0.907. The molecule has 0 saturated heterocycles. The number of thioether (sulfide) groups is 1. The van der Waals surface area contributed by atoms with E-state index in [0.29, 0.717) is 6.61 Å². The minimum Gasteiger partial charge on any atom is -0.494 e. The summed E-state index contributed by atoms with van der Waals surface area (Å²) in [5, 5.41) is 5.15. The summed E-state index contributed by atoms with van der Waals surface area (Å²) in [4.78, 5) is 4.53. The lowest BCUT2D eigenvalue weighted by atomic mass is 10.0. The molecule has 0 fully saturated rings. The highest BCUT2D eigenvalue weighted by atomic mass is 32.2. The molecular formula is C15H21N3O2S. The van der Waals surface area contributed by atoms with Gasteiger partial charge in [-0.2, -0.15) is 5.10 Å². The lowest BCUT2D eigenvalue weighted by Crippen LogP contribution is -2.40. The maximum absolute atomic E-state index is 5.43. The van der Waals surface area contributed by atoms with Crippen molar-refractivity contribution in [3.8, 4) is 5.75 Å². The summed E-state index contributed by atoms with van der Waals surface area (Å²) in [6.45, 7) is 6.64. The number of benzene rings is 1. The second-order valence-corrected chi connectivity index (χ2v) is 5.98. The van der Waals surface area contributed by atoms with Gasteiger partial charge in [-0.25, -0.2) is 4.99 Å². The SMILES string of the molecule is CCOc1ccc(N=C2NN=C(C(C)(C)OC)CS2)cc1. The number of methoxy groups -OCH3 is 1. The van der Waals surface area contributed by atoms with Gasteiger partial charge in [-0.3, -0.25) is 5.43 Å². The standard InChI is InChI=1S/C15H21N3O2S/c1-5-20-12-8-6-11(7-9-12)16-14-18-17-13(10-21-14)15(2,3)19-4/h6-9H,5,10H2,1-4H3,(H,16,18). The van der Waals surface area contributed by atoms with Crippen molar-refractivity contribution in [3.63, 3.8) is 0 Å². The Balaban J connectivity index is 2.04. The normalized spacial score (nSPS) is 17.3. The van der Waals surface area contributed by atoms with Crippen LogP contribution in [0.5, 0.6) is 5.75 Å². The summed E-state index contributed by atoms with van der Waals surface area (Å²) < 4.78 is 10.8. The van der Waals surface area contributed by atoms with Crippen LogP contribution in [0.1, 0.15) is 20.8 Å². The number of rotatable bonds is 5. The van der Waals surface area contributed by atoms with Crippen LogP contribution in [0.4, 0.5) is 5.69 Å². The van der Waals surface area contributed by atoms with E-state index in [2.05, 4.69) is 15.5 Å². The molecule has 0 radical (unpaired) electrons. The van der Waals surface area contributed by atoms with Crippen LogP contribution in [0.3, 0.4) is 0 Å². The first-order chi connectivity index (χ1) is 10.0. The molecule has 1 aliphatic rings. The Hall–Kier alpha value is -1.53. The van der Waals surface area contributed by atoms with Gasteiger partial charge in [0.25, 0.3) is 0 Å². The monoisotopic (exact) mass is 307 g/mol. The molecule has 0 unspecified atom stereocenters. The highest BCUT2D eigenvalue weighted by Crippen LogP contribution is 2.22. The highest BCUT2D eigenvalue weighted by molar-refractivity contribution is 8.14. The average Bonchev–Trinajstić information content (AvgIpc) is 2.50. The first-order valence-electron chi connectivity index (χ1n) is 6.87. The van der Waals surface area contributed by atoms with E-state index in [9.17, 15) is 0 Å². The van der Waals surface area contributed by atoms with E-state index in [0.717, 1.165) is 28.1 Å². The van der Waals surface area contributed by atoms with Crippen molar-refractivity contribution >= 4 is 28.3 Å². The Morgan fingerprint density at radius 3 is 2.57 bits per heavy atom. The van der Waals surface area contributed by atoms with E-state index in [1.165, 1.54) is 0 Å². The maximum atomic E-state index is 5.43. The third-order valence-electron chi connectivity index (χ3n) is 3.22. The van der Waals surface area contributed by atoms with Crippen molar-refractivity contribution < 1.29 is 9.47 Å². The van der Waals surface area contributed by atoms with Crippen molar-refractivity contribution in [3.05, 3.63) is 24.3 Å². The minimum atomic E-state index is -0.356. The molecule has 21 heavy (non-hydrogen) atoms. The fourth-order valence-electron chi connectivity index (χ4n) is 1.70. The van der Waals surface area contributed by atoms with E-state index in [1.807, 2.05) is 45.0 Å². The average molecular weight is 307 g/mol. The molecule has 0 aromatic heterocycles. The van der Waals surface area contributed by atoms with Crippen LogP contribution in [-0.2, 0) is 4.74 Å². The molecule has 0 spiro atoms. The van der Waals surface area contributed by atoms with Crippen LogP contribution in [0.2, 0.25) is 0 Å². The van der Waals surface area contributed by atoms with E-state index in [4.69, 9.17) is 9.47 Å². The molecule has 1 N–H and O–H groups in total. The largest absolute Gasteiger partial charge is 0.494 e. The van der Waals surface area contributed by atoms with Crippen molar-refractivity contribution in [2.24, 2.45) is 10.1 Å². The molecule has 1 aromatic carbocycles. The van der Waals surface area contributed by atoms with Gasteiger partial charge in [0.2, 0.25) is 0 Å². The van der Waals surface area contributed by atoms with Gasteiger partial charge in [-0.15, -0.1) is 0 Å². The van der Waals surface area contributed by atoms with E-state index in [1.54, 1.807) is 18.9 Å². The van der Waals surface area contributed by atoms with Gasteiger partial charge in [0, 0.05) is 12.9 Å². The fraction of sp³-hybridized carbons (Fsp3) is 0.467. The van der Waals surface area contributed by atoms with Crippen LogP contribution >= 0.6 is 11.8 Å². The van der Waals surface area contributed by atoms with Gasteiger partial charge in [-0.1, -0.05) is 11.8 Å². The molecule has 2 rings (SSSR count). The van der Waals surface area contributed by atoms with Crippen LogP contribution in [-0.4, -0.2) is 35.9 Å². The Morgan fingerprint density at radius 2 is 2.05 bits per heavy atom. The summed E-state index contributed by atoms with van der Waals surface area (Å²) in [7, 11) is 1.69. The number of amidine groups is 1. The summed E-state index contributed by atoms with van der Waals surface area (Å²) in [5.41, 5.74) is 4.48. The zero-order valence-corrected chi connectivity index (χ0v) is 13.7. The Labute approximate surface area is 129 Å². The second-order valence-electron chi connectivity index (χ2n) is 5.02. The van der Waals surface area contributed by atoms with Crippen molar-refractivity contribution in [2.75, 3.05) is 19.5 Å². The molecule has 0 saturated carbocycles. The number of hydrogen-bond acceptors (Lipinski definition) is 5. The number of nitrogens with zero attached hydrogens (tertiary/aromatic N) is 2. The summed E-state index contributed by atoms with van der Waals surface area (Å²) in [6.07, 6.45) is 0. The molecule has 0 atom stereocenters. The Bertz CT molecular complexity index is 538. The van der Waals surface area contributed by atoms with Crippen molar-refractivity contribution in [2.45, 2.75) is 26.4 Å². The van der Waals surface area contributed by atoms with Crippen LogP contribution in [0.15, 0.2) is 34.4 Å².